The summed E-state index contributed by atoms with van der Waals surface area (Å²) in [6.07, 6.45) is -0.128. The maximum Gasteiger partial charge on any atom is 0.261 e. The van der Waals surface area contributed by atoms with Gasteiger partial charge in [-0.15, -0.1) is 0 Å². The maximum atomic E-state index is 17.5. The smallest absolute Gasteiger partial charge is 0.261 e. The zero-order valence-electron chi connectivity index (χ0n) is 33.2. The Kier molecular flexibility index (Phi) is 10.6. The van der Waals surface area contributed by atoms with Gasteiger partial charge in [0.15, 0.2) is 37.7 Å². The molecule has 2 aromatic carbocycles. The number of anilines is 2. The van der Waals surface area contributed by atoms with Crippen LogP contribution in [0.15, 0.2) is 67.0 Å². The Hall–Kier alpha value is -3.50. The number of nitrogens with zero attached hydrogens (tertiary/aromatic N) is 4. The lowest BCUT2D eigenvalue weighted by Gasteiger charge is -2.46. The quantitative estimate of drug-likeness (QED) is 0.142. The minimum Gasteiger partial charge on any atom is -0.408 e. The number of fused-ring (bicyclic) bond motifs is 1. The minimum atomic E-state index is -3.03. The van der Waals surface area contributed by atoms with Crippen LogP contribution in [0.25, 0.3) is 11.2 Å². The number of ether oxygens (including phenoxy) is 1. The number of alkyl halides is 1. The monoisotopic (exact) mass is 760 g/mol. The Morgan fingerprint density at radius 1 is 0.981 bits per heavy atom. The number of amides is 1. The highest BCUT2D eigenvalue weighted by molar-refractivity contribution is 6.99. The summed E-state index contributed by atoms with van der Waals surface area (Å²) in [6.45, 7) is 23.0. The van der Waals surface area contributed by atoms with Gasteiger partial charge in [0.1, 0.15) is 11.7 Å². The van der Waals surface area contributed by atoms with E-state index in [1.54, 1.807) is 24.7 Å². The van der Waals surface area contributed by atoms with Crippen molar-refractivity contribution in [2.45, 2.75) is 128 Å². The molecule has 4 aromatic rings. The number of halogens is 1. The second-order valence-corrected chi connectivity index (χ2v) is 26.9. The number of carbonyl (C=O) groups excluding carboxylic acids is 1. The van der Waals surface area contributed by atoms with Gasteiger partial charge in [-0.3, -0.25) is 14.7 Å². The van der Waals surface area contributed by atoms with Crippen LogP contribution in [0, 0.1) is 5.92 Å². The van der Waals surface area contributed by atoms with Crippen LogP contribution in [0.1, 0.15) is 81.4 Å². The first-order valence-electron chi connectivity index (χ1n) is 18.8. The van der Waals surface area contributed by atoms with Crippen LogP contribution in [0.4, 0.5) is 16.2 Å². The summed E-state index contributed by atoms with van der Waals surface area (Å²) in [6, 6.07) is 21.1. The van der Waals surface area contributed by atoms with Crippen molar-refractivity contribution in [1.82, 2.24) is 19.5 Å². The second-order valence-electron chi connectivity index (χ2n) is 17.8. The summed E-state index contributed by atoms with van der Waals surface area (Å²) in [5.41, 5.74) is -0.368. The molecule has 0 unspecified atom stereocenters. The van der Waals surface area contributed by atoms with E-state index in [1.807, 2.05) is 19.1 Å². The van der Waals surface area contributed by atoms with Gasteiger partial charge in [-0.1, -0.05) is 116 Å². The number of carbonyl (C=O) groups is 1. The van der Waals surface area contributed by atoms with Crippen molar-refractivity contribution >= 4 is 55.8 Å². The van der Waals surface area contributed by atoms with Crippen LogP contribution >= 0.6 is 0 Å². The van der Waals surface area contributed by atoms with E-state index < -0.39 is 40.7 Å². The zero-order chi connectivity index (χ0) is 38.6. The van der Waals surface area contributed by atoms with Gasteiger partial charge in [0.25, 0.3) is 8.32 Å². The first-order valence-corrected chi connectivity index (χ1v) is 23.7. The largest absolute Gasteiger partial charge is 0.408 e. The van der Waals surface area contributed by atoms with Crippen molar-refractivity contribution in [2.24, 2.45) is 5.92 Å². The molecule has 13 heteroatoms. The molecule has 1 aliphatic carbocycles. The molecule has 6 rings (SSSR count). The fraction of sp³-hybridized carbons (Fsp3) is 0.550. The maximum absolute atomic E-state index is 17.5. The number of hydrogen-bond donors (Lipinski definition) is 2. The number of aromatic nitrogens is 4. The van der Waals surface area contributed by atoms with Gasteiger partial charge in [0, 0.05) is 12.0 Å². The van der Waals surface area contributed by atoms with Gasteiger partial charge in [0.05, 0.1) is 12.9 Å². The molecular formula is C40H57FN6O4Si2. The third kappa shape index (κ3) is 7.60. The van der Waals surface area contributed by atoms with Crippen LogP contribution in [0.3, 0.4) is 0 Å². The fourth-order valence-corrected chi connectivity index (χ4v) is 12.9. The lowest BCUT2D eigenvalue weighted by atomic mass is 9.99. The van der Waals surface area contributed by atoms with E-state index in [0.29, 0.717) is 17.0 Å². The summed E-state index contributed by atoms with van der Waals surface area (Å²) >= 11 is 0. The normalized spacial score (nSPS) is 22.8. The number of imidazole rings is 1. The van der Waals surface area contributed by atoms with E-state index in [-0.39, 0.29) is 40.5 Å². The number of rotatable bonds is 12. The number of nitrogens with one attached hydrogen (secondary N) is 2. The van der Waals surface area contributed by atoms with Crippen molar-refractivity contribution in [2.75, 3.05) is 17.2 Å². The summed E-state index contributed by atoms with van der Waals surface area (Å²) in [7, 11) is -5.57. The average molecular weight is 761 g/mol. The van der Waals surface area contributed by atoms with Crippen LogP contribution in [0.5, 0.6) is 0 Å². The van der Waals surface area contributed by atoms with Crippen molar-refractivity contribution in [3.8, 4) is 0 Å². The number of benzene rings is 2. The van der Waals surface area contributed by atoms with E-state index in [2.05, 4.69) is 124 Å². The van der Waals surface area contributed by atoms with Crippen molar-refractivity contribution in [3.63, 3.8) is 0 Å². The molecule has 2 aliphatic rings. The first kappa shape index (κ1) is 39.2. The predicted octanol–water partition coefficient (Wildman–Crippen LogP) is 7.59. The summed E-state index contributed by atoms with van der Waals surface area (Å²) in [5, 5.41) is 8.02. The van der Waals surface area contributed by atoms with E-state index in [4.69, 9.17) is 18.6 Å². The first-order chi connectivity index (χ1) is 24.8. The molecule has 2 aromatic heterocycles. The average Bonchev–Trinajstić information content (AvgIpc) is 3.75. The standard InChI is InChI=1S/C40H57FN6O4Si2/c1-26(2)35(48)46-37-44-33(43-27-22-23-27)31-34(45-37)47(25-42-31)36-30(41)32(51-52(10,11)38(3,4)5)40(9,50-36)24-49-53(39(6,7)8,28-18-14-12-15-19-28)29-20-16-13-17-21-29/h12-21,25-27,30,32,36H,22-24H2,1-11H3,(H2,43,44,45,46,48)/t30-,32+,36-,40-/m1/s1. The molecule has 0 radical (unpaired) electrons. The molecule has 1 saturated heterocycles. The van der Waals surface area contributed by atoms with Gasteiger partial charge < -0.3 is 18.9 Å². The van der Waals surface area contributed by atoms with Crippen molar-refractivity contribution in [3.05, 3.63) is 67.0 Å². The minimum absolute atomic E-state index is 0.0856. The SMILES string of the molecule is CC(C)C(=O)Nc1nc(NC2CC2)c2ncn([C@@H]3O[C@](C)(CO[Si](c4ccccc4)(c4ccccc4)C(C)(C)C)[C@@H](O[Si](C)(C)C(C)(C)C)[C@H]3F)c2n1. The van der Waals surface area contributed by atoms with Crippen LogP contribution in [0.2, 0.25) is 23.2 Å². The Bertz CT molecular complexity index is 1870. The Balaban J connectivity index is 1.45. The van der Waals surface area contributed by atoms with E-state index >= 15 is 4.39 Å². The Labute approximate surface area is 315 Å². The third-order valence-corrected chi connectivity index (χ3v) is 20.6. The lowest BCUT2D eigenvalue weighted by Crippen LogP contribution is -2.68. The van der Waals surface area contributed by atoms with Crippen LogP contribution in [-0.4, -0.2) is 72.6 Å². The molecule has 10 nitrogen and oxygen atoms in total. The Morgan fingerprint density at radius 2 is 1.57 bits per heavy atom. The molecule has 0 bridgehead atoms. The highest BCUT2D eigenvalue weighted by atomic mass is 28.4. The molecule has 0 spiro atoms. The van der Waals surface area contributed by atoms with E-state index in [1.165, 1.54) is 0 Å². The molecule has 1 aliphatic heterocycles. The fourth-order valence-electron chi connectivity index (χ4n) is 6.85. The van der Waals surface area contributed by atoms with E-state index in [0.717, 1.165) is 23.2 Å². The van der Waals surface area contributed by atoms with Gasteiger partial charge in [-0.05, 0) is 53.3 Å². The molecule has 286 valence electrons. The molecule has 3 heterocycles. The summed E-state index contributed by atoms with van der Waals surface area (Å²) < 4.78 is 40.5. The number of hydrogen-bond acceptors (Lipinski definition) is 8. The summed E-state index contributed by atoms with van der Waals surface area (Å²) in [4.78, 5) is 26.8. The van der Waals surface area contributed by atoms with Gasteiger partial charge in [0.2, 0.25) is 11.9 Å². The molecule has 53 heavy (non-hydrogen) atoms. The Morgan fingerprint density at radius 3 is 2.08 bits per heavy atom. The molecule has 1 amide bonds. The second kappa shape index (κ2) is 14.3. The molecular weight excluding hydrogens is 704 g/mol. The molecule has 2 fully saturated rings. The lowest BCUT2D eigenvalue weighted by molar-refractivity contribution is -0.118. The van der Waals surface area contributed by atoms with Crippen molar-refractivity contribution < 1.29 is 22.8 Å². The highest BCUT2D eigenvalue weighted by Gasteiger charge is 2.60. The van der Waals surface area contributed by atoms with Crippen LogP contribution < -0.4 is 21.0 Å². The zero-order valence-corrected chi connectivity index (χ0v) is 35.2. The topological polar surface area (TPSA) is 112 Å². The highest BCUT2D eigenvalue weighted by Crippen LogP contribution is 2.48. The van der Waals surface area contributed by atoms with Gasteiger partial charge in [-0.2, -0.15) is 9.97 Å². The molecule has 4 atom stereocenters. The molecule has 1 saturated carbocycles. The van der Waals surface area contributed by atoms with Crippen molar-refractivity contribution in [1.29, 1.82) is 0 Å². The van der Waals surface area contributed by atoms with Gasteiger partial charge >= 0.3 is 0 Å². The van der Waals surface area contributed by atoms with E-state index in [9.17, 15) is 4.79 Å². The third-order valence-electron chi connectivity index (χ3n) is 11.1. The molecule has 2 N–H and O–H groups in total. The summed E-state index contributed by atoms with van der Waals surface area (Å²) in [5.74, 6) is 0.123. The van der Waals surface area contributed by atoms with Gasteiger partial charge in [-0.25, -0.2) is 9.37 Å². The van der Waals surface area contributed by atoms with Crippen LogP contribution in [-0.2, 0) is 18.4 Å². The predicted molar refractivity (Wildman–Crippen MR) is 215 cm³/mol.